The molecule has 0 radical (unpaired) electrons. The first-order valence-electron chi connectivity index (χ1n) is 14.0. The summed E-state index contributed by atoms with van der Waals surface area (Å²) in [6.07, 6.45) is 0.914. The average molecular weight is 544 g/mol. The molecule has 212 valence electrons. The van der Waals surface area contributed by atoms with E-state index in [1.165, 1.54) is 0 Å². The Morgan fingerprint density at radius 3 is 1.85 bits per heavy atom. The van der Waals surface area contributed by atoms with Gasteiger partial charge in [0, 0.05) is 18.3 Å². The lowest BCUT2D eigenvalue weighted by molar-refractivity contribution is -0.150. The van der Waals surface area contributed by atoms with Crippen LogP contribution in [0.25, 0.3) is 0 Å². The van der Waals surface area contributed by atoms with Crippen LogP contribution >= 0.6 is 0 Å². The van der Waals surface area contributed by atoms with Crippen LogP contribution in [0.3, 0.4) is 0 Å². The Labute approximate surface area is 238 Å². The largest absolute Gasteiger partial charge is 0.489 e. The van der Waals surface area contributed by atoms with Gasteiger partial charge in [0.05, 0.1) is 0 Å². The number of Topliss-reactive ketones (excluding diaryl/α,β-unsaturated/α-hetero) is 1. The molecule has 6 heteroatoms. The molecule has 0 spiro atoms. The molecule has 0 unspecified atom stereocenters. The standard InChI is InChI=1S/C34H41NO5/c1-24(2)19-31(34(38)40-23-28-13-9-6-10-14-28)35-33(37)29(21-32(36)25(3)4)20-26-15-17-30(18-16-26)39-22-27-11-7-5-8-12-27/h5-18,24-25,29,31H,19-23H2,1-4H3,(H,35,37)/t29-,31+/m1/s1. The molecule has 0 saturated carbocycles. The lowest BCUT2D eigenvalue weighted by atomic mass is 9.89. The average Bonchev–Trinajstić information content (AvgIpc) is 2.95. The highest BCUT2D eigenvalue weighted by molar-refractivity contribution is 5.90. The third kappa shape index (κ3) is 10.3. The van der Waals surface area contributed by atoms with Gasteiger partial charge in [0.1, 0.15) is 30.8 Å². The number of hydrogen-bond acceptors (Lipinski definition) is 5. The van der Waals surface area contributed by atoms with Crippen molar-refractivity contribution >= 4 is 17.7 Å². The highest BCUT2D eigenvalue weighted by Gasteiger charge is 2.29. The summed E-state index contributed by atoms with van der Waals surface area (Å²) in [7, 11) is 0. The molecule has 0 heterocycles. The van der Waals surface area contributed by atoms with Gasteiger partial charge in [-0.15, -0.1) is 0 Å². The first-order valence-corrected chi connectivity index (χ1v) is 14.0. The molecular formula is C34H41NO5. The van der Waals surface area contributed by atoms with Gasteiger partial charge >= 0.3 is 5.97 Å². The summed E-state index contributed by atoms with van der Waals surface area (Å²) in [6, 6.07) is 26.2. The van der Waals surface area contributed by atoms with Crippen LogP contribution in [0.1, 0.15) is 57.2 Å². The molecule has 0 aliphatic heterocycles. The van der Waals surface area contributed by atoms with Crippen molar-refractivity contribution in [3.8, 4) is 5.75 Å². The predicted octanol–water partition coefficient (Wildman–Crippen LogP) is 6.31. The topological polar surface area (TPSA) is 81.7 Å². The maximum absolute atomic E-state index is 13.5. The molecule has 3 aromatic rings. The van der Waals surface area contributed by atoms with E-state index in [9.17, 15) is 14.4 Å². The molecule has 1 amide bonds. The second kappa shape index (κ2) is 15.6. The molecule has 1 N–H and O–H groups in total. The maximum Gasteiger partial charge on any atom is 0.328 e. The zero-order valence-electron chi connectivity index (χ0n) is 24.0. The monoisotopic (exact) mass is 543 g/mol. The van der Waals surface area contributed by atoms with Crippen LogP contribution in [0.5, 0.6) is 5.75 Å². The number of carbonyl (C=O) groups excluding carboxylic acids is 3. The molecule has 3 aromatic carbocycles. The molecule has 3 rings (SSSR count). The Balaban J connectivity index is 1.67. The molecule has 0 aromatic heterocycles. The molecule has 40 heavy (non-hydrogen) atoms. The van der Waals surface area contributed by atoms with Gasteiger partial charge in [-0.2, -0.15) is 0 Å². The molecule has 0 aliphatic rings. The van der Waals surface area contributed by atoms with Crippen molar-refractivity contribution in [1.29, 1.82) is 0 Å². The van der Waals surface area contributed by atoms with E-state index in [1.807, 2.05) is 113 Å². The number of amides is 1. The minimum Gasteiger partial charge on any atom is -0.489 e. The normalized spacial score (nSPS) is 12.6. The van der Waals surface area contributed by atoms with Gasteiger partial charge in [-0.3, -0.25) is 9.59 Å². The van der Waals surface area contributed by atoms with Crippen molar-refractivity contribution in [3.05, 3.63) is 102 Å². The SMILES string of the molecule is CC(C)C[C@H](NC(=O)[C@@H](CC(=O)C(C)C)Cc1ccc(OCc2ccccc2)cc1)C(=O)OCc1ccccc1. The summed E-state index contributed by atoms with van der Waals surface area (Å²) in [6.45, 7) is 8.25. The molecule has 0 aliphatic carbocycles. The van der Waals surface area contributed by atoms with E-state index in [0.29, 0.717) is 19.4 Å². The van der Waals surface area contributed by atoms with Crippen molar-refractivity contribution in [3.63, 3.8) is 0 Å². The summed E-state index contributed by atoms with van der Waals surface area (Å²) in [5.74, 6) is -0.691. The van der Waals surface area contributed by atoms with Crippen molar-refractivity contribution in [2.75, 3.05) is 0 Å². The van der Waals surface area contributed by atoms with E-state index in [0.717, 1.165) is 22.4 Å². The van der Waals surface area contributed by atoms with Crippen LogP contribution in [0.4, 0.5) is 0 Å². The fourth-order valence-electron chi connectivity index (χ4n) is 4.29. The summed E-state index contributed by atoms with van der Waals surface area (Å²) < 4.78 is 11.4. The molecule has 0 saturated heterocycles. The van der Waals surface area contributed by atoms with Crippen molar-refractivity contribution in [1.82, 2.24) is 5.32 Å². The minimum absolute atomic E-state index is 0.00929. The van der Waals surface area contributed by atoms with Crippen LogP contribution in [-0.4, -0.2) is 23.7 Å². The number of carbonyl (C=O) groups is 3. The fourth-order valence-corrected chi connectivity index (χ4v) is 4.29. The number of esters is 1. The molecule has 6 nitrogen and oxygen atoms in total. The lowest BCUT2D eigenvalue weighted by Gasteiger charge is -2.23. The van der Waals surface area contributed by atoms with Crippen molar-refractivity contribution < 1.29 is 23.9 Å². The fraction of sp³-hybridized carbons (Fsp3) is 0.382. The van der Waals surface area contributed by atoms with Gasteiger partial charge in [-0.25, -0.2) is 4.79 Å². The second-order valence-electron chi connectivity index (χ2n) is 10.9. The molecular weight excluding hydrogens is 502 g/mol. The van der Waals surface area contributed by atoms with Crippen LogP contribution in [0.2, 0.25) is 0 Å². The predicted molar refractivity (Wildman–Crippen MR) is 156 cm³/mol. The summed E-state index contributed by atoms with van der Waals surface area (Å²) >= 11 is 0. The van der Waals surface area contributed by atoms with Gasteiger partial charge in [-0.1, -0.05) is 100 Å². The van der Waals surface area contributed by atoms with Crippen LogP contribution in [0.15, 0.2) is 84.9 Å². The van der Waals surface area contributed by atoms with Gasteiger partial charge in [0.15, 0.2) is 0 Å². The third-order valence-corrected chi connectivity index (χ3v) is 6.65. The van der Waals surface area contributed by atoms with Gasteiger partial charge in [0.2, 0.25) is 5.91 Å². The number of ketones is 1. The Hall–Kier alpha value is -3.93. The van der Waals surface area contributed by atoms with Crippen LogP contribution in [0, 0.1) is 17.8 Å². The summed E-state index contributed by atoms with van der Waals surface area (Å²) in [5.41, 5.74) is 2.87. The Morgan fingerprint density at radius 2 is 1.30 bits per heavy atom. The Morgan fingerprint density at radius 1 is 0.725 bits per heavy atom. The van der Waals surface area contributed by atoms with Gasteiger partial charge < -0.3 is 14.8 Å². The molecule has 2 atom stereocenters. The van der Waals surface area contributed by atoms with Crippen LogP contribution in [-0.2, 0) is 38.8 Å². The minimum atomic E-state index is -0.790. The van der Waals surface area contributed by atoms with Gasteiger partial charge in [-0.05, 0) is 47.6 Å². The highest BCUT2D eigenvalue weighted by Crippen LogP contribution is 2.21. The van der Waals surface area contributed by atoms with Gasteiger partial charge in [0.25, 0.3) is 0 Å². The summed E-state index contributed by atoms with van der Waals surface area (Å²) in [4.78, 5) is 39.2. The second-order valence-corrected chi connectivity index (χ2v) is 10.9. The van der Waals surface area contributed by atoms with E-state index < -0.39 is 17.9 Å². The smallest absolute Gasteiger partial charge is 0.328 e. The van der Waals surface area contributed by atoms with Crippen LogP contribution < -0.4 is 10.1 Å². The van der Waals surface area contributed by atoms with E-state index in [-0.39, 0.29) is 36.6 Å². The van der Waals surface area contributed by atoms with Crippen molar-refractivity contribution in [2.24, 2.45) is 17.8 Å². The van der Waals surface area contributed by atoms with E-state index >= 15 is 0 Å². The maximum atomic E-state index is 13.5. The van der Waals surface area contributed by atoms with E-state index in [4.69, 9.17) is 9.47 Å². The number of rotatable bonds is 15. The molecule has 0 bridgehead atoms. The first kappa shape index (κ1) is 30.6. The quantitative estimate of drug-likeness (QED) is 0.227. The number of benzene rings is 3. The Bertz CT molecular complexity index is 1210. The third-order valence-electron chi connectivity index (χ3n) is 6.65. The number of nitrogens with one attached hydrogen (secondary N) is 1. The molecule has 0 fully saturated rings. The Kier molecular flexibility index (Phi) is 11.9. The highest BCUT2D eigenvalue weighted by atomic mass is 16.5. The van der Waals surface area contributed by atoms with Crippen molar-refractivity contribution in [2.45, 2.75) is 66.2 Å². The van der Waals surface area contributed by atoms with E-state index in [2.05, 4.69) is 5.32 Å². The zero-order valence-corrected chi connectivity index (χ0v) is 24.0. The lowest BCUT2D eigenvalue weighted by Crippen LogP contribution is -2.46. The number of hydrogen-bond donors (Lipinski definition) is 1. The van der Waals surface area contributed by atoms with E-state index in [1.54, 1.807) is 0 Å². The first-order chi connectivity index (χ1) is 19.2. The number of ether oxygens (including phenoxy) is 2. The summed E-state index contributed by atoms with van der Waals surface area (Å²) in [5, 5.41) is 2.91. The zero-order chi connectivity index (χ0) is 28.9.